The fraction of sp³-hybridized carbons (Fsp3) is 0.467. The Morgan fingerprint density at radius 3 is 2.70 bits per heavy atom. The van der Waals surface area contributed by atoms with Gasteiger partial charge in [-0.05, 0) is 18.2 Å². The molecule has 0 atom stereocenters. The number of ketones is 1. The zero-order valence-electron chi connectivity index (χ0n) is 11.4. The Morgan fingerprint density at radius 1 is 1.35 bits per heavy atom. The molecule has 1 N–H and O–H groups in total. The average Bonchev–Trinajstić information content (AvgIpc) is 2.40. The molecule has 1 spiro atoms. The van der Waals surface area contributed by atoms with E-state index in [9.17, 15) is 14.7 Å². The Balaban J connectivity index is 1.83. The summed E-state index contributed by atoms with van der Waals surface area (Å²) in [6.45, 7) is 2.80. The average molecular weight is 275 g/mol. The van der Waals surface area contributed by atoms with Gasteiger partial charge in [-0.15, -0.1) is 0 Å². The minimum Gasteiger partial charge on any atom is -0.508 e. The fourth-order valence-corrected chi connectivity index (χ4v) is 2.99. The van der Waals surface area contributed by atoms with E-state index in [4.69, 9.17) is 4.74 Å². The molecule has 0 aromatic heterocycles. The number of Topliss-reactive ketones (excluding diaryl/α,β-unsaturated/α-hetero) is 1. The monoisotopic (exact) mass is 275 g/mol. The molecule has 0 bridgehead atoms. The standard InChI is InChI=1S/C15H17NO4/c1-10(17)16-6-4-15(5-7-16)9-13(19)12-8-11(18)2-3-14(12)20-15/h2-3,8,18H,4-7,9H2,1H3. The van der Waals surface area contributed by atoms with E-state index in [2.05, 4.69) is 0 Å². The summed E-state index contributed by atoms with van der Waals surface area (Å²) in [5, 5.41) is 9.45. The number of benzene rings is 1. The molecule has 0 unspecified atom stereocenters. The van der Waals surface area contributed by atoms with Crippen LogP contribution < -0.4 is 4.74 Å². The van der Waals surface area contributed by atoms with E-state index < -0.39 is 5.60 Å². The Bertz CT molecular complexity index is 573. The highest BCUT2D eigenvalue weighted by molar-refractivity contribution is 6.00. The van der Waals surface area contributed by atoms with Gasteiger partial charge in [0.1, 0.15) is 17.1 Å². The molecule has 1 amide bonds. The zero-order valence-corrected chi connectivity index (χ0v) is 11.4. The van der Waals surface area contributed by atoms with E-state index in [1.165, 1.54) is 12.1 Å². The highest BCUT2D eigenvalue weighted by Crippen LogP contribution is 2.40. The maximum Gasteiger partial charge on any atom is 0.219 e. The number of phenols is 1. The van der Waals surface area contributed by atoms with Gasteiger partial charge in [0.25, 0.3) is 0 Å². The number of aromatic hydroxyl groups is 1. The molecule has 1 aromatic carbocycles. The van der Waals surface area contributed by atoms with E-state index in [1.54, 1.807) is 17.9 Å². The molecule has 20 heavy (non-hydrogen) atoms. The number of carbonyl (C=O) groups is 2. The highest BCUT2D eigenvalue weighted by Gasteiger charge is 2.43. The number of phenolic OH excluding ortho intramolecular Hbond substituents is 1. The van der Waals surface area contributed by atoms with Crippen LogP contribution in [0.3, 0.4) is 0 Å². The summed E-state index contributed by atoms with van der Waals surface area (Å²) in [5.41, 5.74) is -0.0443. The largest absolute Gasteiger partial charge is 0.508 e. The first kappa shape index (κ1) is 13.0. The highest BCUT2D eigenvalue weighted by atomic mass is 16.5. The summed E-state index contributed by atoms with van der Waals surface area (Å²) >= 11 is 0. The fourth-order valence-electron chi connectivity index (χ4n) is 2.99. The van der Waals surface area contributed by atoms with Gasteiger partial charge < -0.3 is 14.7 Å². The minimum absolute atomic E-state index is 0.00146. The lowest BCUT2D eigenvalue weighted by Gasteiger charge is -2.43. The molecule has 5 heteroatoms. The van der Waals surface area contributed by atoms with Crippen LogP contribution in [-0.2, 0) is 4.79 Å². The number of hydrogen-bond donors (Lipinski definition) is 1. The third-order valence-electron chi connectivity index (χ3n) is 4.19. The smallest absolute Gasteiger partial charge is 0.219 e. The van der Waals surface area contributed by atoms with Crippen molar-refractivity contribution in [2.24, 2.45) is 0 Å². The van der Waals surface area contributed by atoms with Crippen molar-refractivity contribution in [3.8, 4) is 11.5 Å². The quantitative estimate of drug-likeness (QED) is 0.783. The molecule has 1 aromatic rings. The first-order valence-corrected chi connectivity index (χ1v) is 6.80. The van der Waals surface area contributed by atoms with Gasteiger partial charge in [0.15, 0.2) is 5.78 Å². The molecule has 3 rings (SSSR count). The summed E-state index contributed by atoms with van der Waals surface area (Å²) in [5.74, 6) is 0.670. The second-order valence-corrected chi connectivity index (χ2v) is 5.57. The number of carbonyl (C=O) groups excluding carboxylic acids is 2. The molecule has 2 heterocycles. The van der Waals surface area contributed by atoms with E-state index in [1.807, 2.05) is 0 Å². The van der Waals surface area contributed by atoms with Crippen LogP contribution >= 0.6 is 0 Å². The van der Waals surface area contributed by atoms with Crippen LogP contribution in [0.15, 0.2) is 18.2 Å². The molecule has 2 aliphatic heterocycles. The Kier molecular flexibility index (Phi) is 2.92. The van der Waals surface area contributed by atoms with Gasteiger partial charge in [0.05, 0.1) is 12.0 Å². The van der Waals surface area contributed by atoms with Crippen molar-refractivity contribution in [3.63, 3.8) is 0 Å². The molecule has 2 aliphatic rings. The van der Waals surface area contributed by atoms with Crippen molar-refractivity contribution >= 4 is 11.7 Å². The first-order valence-electron chi connectivity index (χ1n) is 6.80. The molecule has 5 nitrogen and oxygen atoms in total. The Morgan fingerprint density at radius 2 is 2.05 bits per heavy atom. The number of rotatable bonds is 0. The SMILES string of the molecule is CC(=O)N1CCC2(CC1)CC(=O)c1cc(O)ccc1O2. The number of likely N-dealkylation sites (tertiary alicyclic amines) is 1. The van der Waals surface area contributed by atoms with Gasteiger partial charge in [-0.3, -0.25) is 9.59 Å². The maximum absolute atomic E-state index is 12.3. The molecule has 0 aliphatic carbocycles. The first-order chi connectivity index (χ1) is 9.49. The normalized spacial score (nSPS) is 20.4. The van der Waals surface area contributed by atoms with Crippen LogP contribution in [0.1, 0.15) is 36.5 Å². The molecule has 0 radical (unpaired) electrons. The van der Waals surface area contributed by atoms with Crippen molar-refractivity contribution in [2.45, 2.75) is 31.8 Å². The van der Waals surface area contributed by atoms with Crippen molar-refractivity contribution < 1.29 is 19.4 Å². The number of hydrogen-bond acceptors (Lipinski definition) is 4. The summed E-state index contributed by atoms with van der Waals surface area (Å²) in [4.78, 5) is 25.4. The van der Waals surface area contributed by atoms with E-state index in [-0.39, 0.29) is 17.4 Å². The number of amides is 1. The van der Waals surface area contributed by atoms with Crippen LogP contribution in [0.5, 0.6) is 11.5 Å². The van der Waals surface area contributed by atoms with Gasteiger partial charge >= 0.3 is 0 Å². The van der Waals surface area contributed by atoms with Gasteiger partial charge in [0, 0.05) is 32.9 Å². The number of ether oxygens (including phenoxy) is 1. The van der Waals surface area contributed by atoms with E-state index in [0.717, 1.165) is 0 Å². The third kappa shape index (κ3) is 2.13. The molecule has 0 saturated carbocycles. The zero-order chi connectivity index (χ0) is 14.3. The van der Waals surface area contributed by atoms with Crippen LogP contribution in [0.25, 0.3) is 0 Å². The lowest BCUT2D eigenvalue weighted by atomic mass is 9.82. The van der Waals surface area contributed by atoms with Crippen LogP contribution in [0, 0.1) is 0 Å². The predicted octanol–water partition coefficient (Wildman–Crippen LogP) is 1.74. The lowest BCUT2D eigenvalue weighted by Crippen LogP contribution is -2.51. The van der Waals surface area contributed by atoms with Crippen molar-refractivity contribution in [1.82, 2.24) is 4.90 Å². The molecule has 1 saturated heterocycles. The number of fused-ring (bicyclic) bond motifs is 1. The molecular formula is C15H17NO4. The van der Waals surface area contributed by atoms with Crippen molar-refractivity contribution in [2.75, 3.05) is 13.1 Å². The van der Waals surface area contributed by atoms with Crippen LogP contribution in [0.2, 0.25) is 0 Å². The third-order valence-corrected chi connectivity index (χ3v) is 4.19. The molecule has 1 fully saturated rings. The molecular weight excluding hydrogens is 258 g/mol. The number of nitrogens with zero attached hydrogens (tertiary/aromatic N) is 1. The predicted molar refractivity (Wildman–Crippen MR) is 71.9 cm³/mol. The van der Waals surface area contributed by atoms with Gasteiger partial charge in [-0.25, -0.2) is 0 Å². The second-order valence-electron chi connectivity index (χ2n) is 5.57. The Labute approximate surface area is 117 Å². The van der Waals surface area contributed by atoms with Gasteiger partial charge in [0.2, 0.25) is 5.91 Å². The van der Waals surface area contributed by atoms with E-state index >= 15 is 0 Å². The molecule has 106 valence electrons. The summed E-state index contributed by atoms with van der Waals surface area (Å²) in [7, 11) is 0. The topological polar surface area (TPSA) is 66.8 Å². The van der Waals surface area contributed by atoms with E-state index in [0.29, 0.717) is 43.7 Å². The minimum atomic E-state index is -0.493. The number of piperidine rings is 1. The van der Waals surface area contributed by atoms with Gasteiger partial charge in [-0.1, -0.05) is 0 Å². The Hall–Kier alpha value is -2.04. The lowest BCUT2D eigenvalue weighted by molar-refractivity contribution is -0.132. The summed E-state index contributed by atoms with van der Waals surface area (Å²) in [6.07, 6.45) is 1.65. The summed E-state index contributed by atoms with van der Waals surface area (Å²) < 4.78 is 6.04. The second kappa shape index (κ2) is 4.51. The van der Waals surface area contributed by atoms with Crippen LogP contribution in [-0.4, -0.2) is 40.4 Å². The maximum atomic E-state index is 12.3. The summed E-state index contributed by atoms with van der Waals surface area (Å²) in [6, 6.07) is 4.62. The van der Waals surface area contributed by atoms with Crippen molar-refractivity contribution in [3.05, 3.63) is 23.8 Å². The van der Waals surface area contributed by atoms with Crippen LogP contribution in [0.4, 0.5) is 0 Å². The van der Waals surface area contributed by atoms with Crippen molar-refractivity contribution in [1.29, 1.82) is 0 Å². The van der Waals surface area contributed by atoms with Gasteiger partial charge in [-0.2, -0.15) is 0 Å².